The fraction of sp³-hybridized carbons (Fsp3) is 0.727. The van der Waals surface area contributed by atoms with Gasteiger partial charge in [-0.25, -0.2) is 9.59 Å². The molecule has 0 aliphatic heterocycles. The predicted octanol–water partition coefficient (Wildman–Crippen LogP) is 1.04. The highest BCUT2D eigenvalue weighted by Crippen LogP contribution is 2.05. The molecule has 6 nitrogen and oxygen atoms in total. The Morgan fingerprint density at radius 2 is 2.06 bits per heavy atom. The molecule has 2 N–H and O–H groups in total. The second-order valence-corrected chi connectivity index (χ2v) is 4.30. The Morgan fingerprint density at radius 1 is 1.47 bits per heavy atom. The van der Waals surface area contributed by atoms with Gasteiger partial charge in [0.2, 0.25) is 0 Å². The summed E-state index contributed by atoms with van der Waals surface area (Å²) >= 11 is 0. The third kappa shape index (κ3) is 6.40. The minimum Gasteiger partial charge on any atom is -0.480 e. The zero-order valence-electron chi connectivity index (χ0n) is 10.4. The van der Waals surface area contributed by atoms with Crippen molar-refractivity contribution >= 4 is 12.0 Å². The van der Waals surface area contributed by atoms with Crippen LogP contribution >= 0.6 is 0 Å². The van der Waals surface area contributed by atoms with Crippen LogP contribution in [0.25, 0.3) is 0 Å². The maximum atomic E-state index is 11.6. The average Bonchev–Trinajstić information content (AvgIpc) is 2.23. The molecule has 1 atom stereocenters. The van der Waals surface area contributed by atoms with Crippen molar-refractivity contribution in [2.75, 3.05) is 13.6 Å². The number of nitrogens with zero attached hydrogens (tertiary/aromatic N) is 2. The Bertz CT molecular complexity index is 310. The van der Waals surface area contributed by atoms with Crippen molar-refractivity contribution < 1.29 is 14.7 Å². The van der Waals surface area contributed by atoms with Gasteiger partial charge in [0.05, 0.1) is 12.5 Å². The van der Waals surface area contributed by atoms with Gasteiger partial charge in [0.1, 0.15) is 6.04 Å². The molecule has 0 aromatic carbocycles. The number of amides is 2. The zero-order chi connectivity index (χ0) is 13.4. The van der Waals surface area contributed by atoms with Gasteiger partial charge in [0.25, 0.3) is 0 Å². The topological polar surface area (TPSA) is 93.4 Å². The molecule has 0 aromatic heterocycles. The molecule has 0 unspecified atom stereocenters. The van der Waals surface area contributed by atoms with Crippen molar-refractivity contribution in [2.24, 2.45) is 5.92 Å². The molecule has 0 aromatic rings. The van der Waals surface area contributed by atoms with Gasteiger partial charge in [-0.05, 0) is 12.3 Å². The molecule has 2 amide bonds. The first kappa shape index (κ1) is 15.2. The lowest BCUT2D eigenvalue weighted by molar-refractivity contribution is -0.139. The van der Waals surface area contributed by atoms with Crippen LogP contribution in [-0.4, -0.2) is 41.6 Å². The van der Waals surface area contributed by atoms with Crippen LogP contribution in [0.3, 0.4) is 0 Å². The van der Waals surface area contributed by atoms with E-state index < -0.39 is 18.0 Å². The maximum Gasteiger partial charge on any atom is 0.326 e. The van der Waals surface area contributed by atoms with E-state index in [0.717, 1.165) is 0 Å². The summed E-state index contributed by atoms with van der Waals surface area (Å²) < 4.78 is 0. The fourth-order valence-electron chi connectivity index (χ4n) is 1.27. The first-order valence-electron chi connectivity index (χ1n) is 5.49. The normalized spacial score (nSPS) is 11.7. The Hall–Kier alpha value is -1.77. The van der Waals surface area contributed by atoms with Crippen molar-refractivity contribution in [1.29, 1.82) is 5.26 Å². The molecular formula is C11H19N3O3. The van der Waals surface area contributed by atoms with E-state index in [-0.39, 0.29) is 18.9 Å². The Labute approximate surface area is 101 Å². The SMILES string of the molecule is CC(C)C[C@H](NC(=O)N(C)CCC#N)C(=O)O. The number of rotatable bonds is 6. The predicted molar refractivity (Wildman–Crippen MR) is 62.3 cm³/mol. The number of urea groups is 1. The summed E-state index contributed by atoms with van der Waals surface area (Å²) in [6.45, 7) is 4.07. The molecule has 0 saturated heterocycles. The van der Waals surface area contributed by atoms with Gasteiger partial charge in [-0.2, -0.15) is 5.26 Å². The van der Waals surface area contributed by atoms with Gasteiger partial charge in [0.15, 0.2) is 0 Å². The van der Waals surface area contributed by atoms with Crippen LogP contribution in [0.4, 0.5) is 4.79 Å². The fourth-order valence-corrected chi connectivity index (χ4v) is 1.27. The lowest BCUT2D eigenvalue weighted by Crippen LogP contribution is -2.47. The molecular weight excluding hydrogens is 222 g/mol. The summed E-state index contributed by atoms with van der Waals surface area (Å²) in [5, 5.41) is 19.8. The number of aliphatic carboxylic acids is 1. The van der Waals surface area contributed by atoms with Crippen LogP contribution in [0.1, 0.15) is 26.7 Å². The van der Waals surface area contributed by atoms with Crippen molar-refractivity contribution in [1.82, 2.24) is 10.2 Å². The lowest BCUT2D eigenvalue weighted by atomic mass is 10.0. The van der Waals surface area contributed by atoms with Gasteiger partial charge in [-0.1, -0.05) is 13.8 Å². The smallest absolute Gasteiger partial charge is 0.326 e. The lowest BCUT2D eigenvalue weighted by Gasteiger charge is -2.21. The summed E-state index contributed by atoms with van der Waals surface area (Å²) in [7, 11) is 1.53. The minimum atomic E-state index is -1.04. The monoisotopic (exact) mass is 241 g/mol. The number of carbonyl (C=O) groups is 2. The van der Waals surface area contributed by atoms with E-state index >= 15 is 0 Å². The maximum absolute atomic E-state index is 11.6. The molecule has 0 radical (unpaired) electrons. The first-order chi connectivity index (χ1) is 7.88. The van der Waals surface area contributed by atoms with E-state index in [0.29, 0.717) is 6.42 Å². The van der Waals surface area contributed by atoms with Crippen molar-refractivity contribution in [3.63, 3.8) is 0 Å². The highest BCUT2D eigenvalue weighted by molar-refractivity contribution is 5.82. The van der Waals surface area contributed by atoms with Gasteiger partial charge >= 0.3 is 12.0 Å². The van der Waals surface area contributed by atoms with E-state index in [4.69, 9.17) is 10.4 Å². The minimum absolute atomic E-state index is 0.181. The molecule has 17 heavy (non-hydrogen) atoms. The summed E-state index contributed by atoms with van der Waals surface area (Å²) in [4.78, 5) is 23.8. The molecule has 0 fully saturated rings. The van der Waals surface area contributed by atoms with Crippen LogP contribution in [0, 0.1) is 17.2 Å². The van der Waals surface area contributed by atoms with Crippen LogP contribution in [0.5, 0.6) is 0 Å². The molecule has 0 rings (SSSR count). The van der Waals surface area contributed by atoms with Crippen LogP contribution < -0.4 is 5.32 Å². The molecule has 0 heterocycles. The van der Waals surface area contributed by atoms with Crippen molar-refractivity contribution in [3.05, 3.63) is 0 Å². The highest BCUT2D eigenvalue weighted by atomic mass is 16.4. The third-order valence-corrected chi connectivity index (χ3v) is 2.21. The van der Waals surface area contributed by atoms with E-state index in [1.54, 1.807) is 0 Å². The summed E-state index contributed by atoms with van der Waals surface area (Å²) in [6.07, 6.45) is 0.610. The van der Waals surface area contributed by atoms with E-state index in [9.17, 15) is 9.59 Å². The van der Waals surface area contributed by atoms with E-state index in [1.807, 2.05) is 19.9 Å². The number of carboxylic acids is 1. The quantitative estimate of drug-likeness (QED) is 0.726. The van der Waals surface area contributed by atoms with Crippen molar-refractivity contribution in [3.8, 4) is 6.07 Å². The van der Waals surface area contributed by atoms with Crippen LogP contribution in [0.15, 0.2) is 0 Å². The Morgan fingerprint density at radius 3 is 2.47 bits per heavy atom. The molecule has 6 heteroatoms. The zero-order valence-corrected chi connectivity index (χ0v) is 10.4. The number of nitriles is 1. The van der Waals surface area contributed by atoms with Crippen LogP contribution in [0.2, 0.25) is 0 Å². The second-order valence-electron chi connectivity index (χ2n) is 4.30. The first-order valence-corrected chi connectivity index (χ1v) is 5.49. The van der Waals surface area contributed by atoms with Gasteiger partial charge in [-0.3, -0.25) is 0 Å². The molecule has 0 aliphatic carbocycles. The summed E-state index contributed by atoms with van der Waals surface area (Å²) in [5.41, 5.74) is 0. The highest BCUT2D eigenvalue weighted by Gasteiger charge is 2.22. The standard InChI is InChI=1S/C11H19N3O3/c1-8(2)7-9(10(15)16)13-11(17)14(3)6-4-5-12/h8-9H,4,6-7H2,1-3H3,(H,13,17)(H,15,16)/t9-/m0/s1. The van der Waals surface area contributed by atoms with Gasteiger partial charge in [0, 0.05) is 13.6 Å². The number of hydrogen-bond acceptors (Lipinski definition) is 3. The molecule has 0 bridgehead atoms. The van der Waals surface area contributed by atoms with Crippen LogP contribution in [-0.2, 0) is 4.79 Å². The molecule has 0 saturated carbocycles. The van der Waals surface area contributed by atoms with Gasteiger partial charge in [-0.15, -0.1) is 0 Å². The van der Waals surface area contributed by atoms with Crippen molar-refractivity contribution in [2.45, 2.75) is 32.7 Å². The third-order valence-electron chi connectivity index (χ3n) is 2.21. The average molecular weight is 241 g/mol. The van der Waals surface area contributed by atoms with Gasteiger partial charge < -0.3 is 15.3 Å². The Kier molecular flexibility index (Phi) is 6.71. The largest absolute Gasteiger partial charge is 0.480 e. The Balaban J connectivity index is 4.30. The molecule has 0 aliphatic rings. The number of nitrogens with one attached hydrogen (secondary N) is 1. The summed E-state index contributed by atoms with van der Waals surface area (Å²) in [5.74, 6) is -0.860. The summed E-state index contributed by atoms with van der Waals surface area (Å²) in [6, 6.07) is 0.577. The molecule has 0 spiro atoms. The van der Waals surface area contributed by atoms with E-state index in [1.165, 1.54) is 11.9 Å². The van der Waals surface area contributed by atoms with E-state index in [2.05, 4.69) is 5.32 Å². The molecule has 96 valence electrons. The number of hydrogen-bond donors (Lipinski definition) is 2. The number of carboxylic acid groups (broad SMARTS) is 1. The second kappa shape index (κ2) is 7.49. The number of carbonyl (C=O) groups excluding carboxylic acids is 1.